The first-order valence-electron chi connectivity index (χ1n) is 7.86. The summed E-state index contributed by atoms with van der Waals surface area (Å²) in [7, 11) is 0. The molecule has 0 atom stereocenters. The molecule has 3 heteroatoms. The van der Waals surface area contributed by atoms with E-state index in [2.05, 4.69) is 77.6 Å². The fourth-order valence-electron chi connectivity index (χ4n) is 2.33. The van der Waals surface area contributed by atoms with Gasteiger partial charge in [0.05, 0.1) is 5.69 Å². The van der Waals surface area contributed by atoms with Crippen molar-refractivity contribution in [2.75, 3.05) is 5.32 Å². The lowest BCUT2D eigenvalue weighted by atomic mass is 10.1. The van der Waals surface area contributed by atoms with Gasteiger partial charge in [-0.1, -0.05) is 69.5 Å². The Bertz CT molecular complexity index is 850. The number of anilines is 1. The molecule has 3 aromatic carbocycles. The topological polar surface area (TPSA) is 24.4 Å². The number of nitrogens with one attached hydrogen (secondary N) is 1. The zero-order valence-corrected chi connectivity index (χ0v) is 15.3. The van der Waals surface area contributed by atoms with E-state index in [0.29, 0.717) is 0 Å². The number of hydrogen-bond acceptors (Lipinski definition) is 1. The minimum atomic E-state index is 0.815. The van der Waals surface area contributed by atoms with E-state index in [1.165, 1.54) is 11.1 Å². The summed E-state index contributed by atoms with van der Waals surface area (Å²) < 4.78 is 1.01. The van der Waals surface area contributed by atoms with E-state index < -0.39 is 0 Å². The second-order valence-corrected chi connectivity index (χ2v) is 6.62. The normalized spacial score (nSPS) is 11.4. The van der Waals surface area contributed by atoms with Crippen LogP contribution >= 0.6 is 15.9 Å². The standard InChI is InChI=1S/C21H19BrN2/c1-15-7-11-17(12-8-15)23-21(19-5-3-4-6-20(19)22)24-18-13-9-16(2)10-14-18/h3-14H,1-2H3,(H,23,24). The number of nitrogens with zero attached hydrogens (tertiary/aromatic N) is 1. The van der Waals surface area contributed by atoms with Gasteiger partial charge >= 0.3 is 0 Å². The van der Waals surface area contributed by atoms with Crippen LogP contribution < -0.4 is 5.32 Å². The van der Waals surface area contributed by atoms with Crippen LogP contribution in [0.2, 0.25) is 0 Å². The molecule has 0 heterocycles. The largest absolute Gasteiger partial charge is 0.340 e. The Labute approximate surface area is 151 Å². The highest BCUT2D eigenvalue weighted by Gasteiger charge is 2.08. The molecule has 1 N–H and O–H groups in total. The van der Waals surface area contributed by atoms with Gasteiger partial charge in [-0.05, 0) is 44.2 Å². The molecule has 0 saturated heterocycles. The fourth-order valence-corrected chi connectivity index (χ4v) is 2.80. The predicted octanol–water partition coefficient (Wildman–Crippen LogP) is 6.26. The Morgan fingerprint density at radius 3 is 2.00 bits per heavy atom. The van der Waals surface area contributed by atoms with Crippen LogP contribution in [-0.2, 0) is 0 Å². The lowest BCUT2D eigenvalue weighted by molar-refractivity contribution is 1.41. The van der Waals surface area contributed by atoms with Gasteiger partial charge in [-0.3, -0.25) is 0 Å². The second kappa shape index (κ2) is 7.45. The number of aryl methyl sites for hydroxylation is 2. The van der Waals surface area contributed by atoms with Gasteiger partial charge in [-0.2, -0.15) is 0 Å². The predicted molar refractivity (Wildman–Crippen MR) is 106 cm³/mol. The minimum absolute atomic E-state index is 0.815. The number of amidine groups is 1. The highest BCUT2D eigenvalue weighted by Crippen LogP contribution is 2.22. The van der Waals surface area contributed by atoms with Gasteiger partial charge in [-0.25, -0.2) is 4.99 Å². The van der Waals surface area contributed by atoms with Crippen LogP contribution in [-0.4, -0.2) is 5.84 Å². The first kappa shape index (κ1) is 16.5. The van der Waals surface area contributed by atoms with Crippen molar-refractivity contribution in [3.05, 3.63) is 94.0 Å². The molecule has 0 aliphatic heterocycles. The summed E-state index contributed by atoms with van der Waals surface area (Å²) in [5, 5.41) is 3.45. The monoisotopic (exact) mass is 378 g/mol. The molecule has 120 valence electrons. The molecule has 24 heavy (non-hydrogen) atoms. The van der Waals surface area contributed by atoms with Gasteiger partial charge in [0.1, 0.15) is 5.84 Å². The van der Waals surface area contributed by atoms with Gasteiger partial charge in [-0.15, -0.1) is 0 Å². The van der Waals surface area contributed by atoms with Crippen molar-refractivity contribution >= 4 is 33.1 Å². The molecule has 0 saturated carbocycles. The second-order valence-electron chi connectivity index (χ2n) is 5.77. The molecular formula is C21H19BrN2. The zero-order chi connectivity index (χ0) is 16.9. The molecule has 3 rings (SSSR count). The lowest BCUT2D eigenvalue weighted by Gasteiger charge is -2.12. The number of halogens is 1. The van der Waals surface area contributed by atoms with E-state index >= 15 is 0 Å². The molecule has 3 aromatic rings. The Morgan fingerprint density at radius 1 is 0.792 bits per heavy atom. The quantitative estimate of drug-likeness (QED) is 0.422. The van der Waals surface area contributed by atoms with Crippen LogP contribution in [0.3, 0.4) is 0 Å². The van der Waals surface area contributed by atoms with Crippen molar-refractivity contribution < 1.29 is 0 Å². The summed E-state index contributed by atoms with van der Waals surface area (Å²) in [5.41, 5.74) is 5.42. The molecule has 0 bridgehead atoms. The third kappa shape index (κ3) is 4.12. The van der Waals surface area contributed by atoms with Crippen LogP contribution in [0.25, 0.3) is 0 Å². The first-order valence-corrected chi connectivity index (χ1v) is 8.65. The SMILES string of the molecule is Cc1ccc(N=C(Nc2ccc(C)cc2)c2ccccc2Br)cc1. The van der Waals surface area contributed by atoms with Crippen molar-refractivity contribution in [1.29, 1.82) is 0 Å². The number of benzene rings is 3. The molecule has 0 amide bonds. The molecule has 0 radical (unpaired) electrons. The summed E-state index contributed by atoms with van der Waals surface area (Å²) in [5.74, 6) is 0.815. The molecule has 0 unspecified atom stereocenters. The number of rotatable bonds is 3. The van der Waals surface area contributed by atoms with Crippen LogP contribution in [0.1, 0.15) is 16.7 Å². The Kier molecular flexibility index (Phi) is 5.11. The van der Waals surface area contributed by atoms with Gasteiger partial charge < -0.3 is 5.32 Å². The summed E-state index contributed by atoms with van der Waals surface area (Å²) in [4.78, 5) is 4.82. The summed E-state index contributed by atoms with van der Waals surface area (Å²) in [6, 6.07) is 24.6. The zero-order valence-electron chi connectivity index (χ0n) is 13.8. The molecule has 0 aliphatic carbocycles. The molecule has 0 aromatic heterocycles. The van der Waals surface area contributed by atoms with Crippen LogP contribution in [0.5, 0.6) is 0 Å². The van der Waals surface area contributed by atoms with E-state index in [-0.39, 0.29) is 0 Å². The maximum absolute atomic E-state index is 4.82. The first-order chi connectivity index (χ1) is 11.6. The van der Waals surface area contributed by atoms with Crippen LogP contribution in [0, 0.1) is 13.8 Å². The third-order valence-corrected chi connectivity index (χ3v) is 4.41. The van der Waals surface area contributed by atoms with Crippen LogP contribution in [0.4, 0.5) is 11.4 Å². The van der Waals surface area contributed by atoms with E-state index in [9.17, 15) is 0 Å². The maximum atomic E-state index is 4.82. The van der Waals surface area contributed by atoms with E-state index in [1.54, 1.807) is 0 Å². The average Bonchev–Trinajstić information content (AvgIpc) is 2.59. The lowest BCUT2D eigenvalue weighted by Crippen LogP contribution is -2.14. The van der Waals surface area contributed by atoms with Crippen molar-refractivity contribution in [3.8, 4) is 0 Å². The highest BCUT2D eigenvalue weighted by atomic mass is 79.9. The van der Waals surface area contributed by atoms with E-state index in [4.69, 9.17) is 4.99 Å². The molecule has 0 fully saturated rings. The van der Waals surface area contributed by atoms with Crippen molar-refractivity contribution in [2.24, 2.45) is 4.99 Å². The Balaban J connectivity index is 2.01. The maximum Gasteiger partial charge on any atom is 0.139 e. The Hall–Kier alpha value is -2.39. The van der Waals surface area contributed by atoms with Crippen molar-refractivity contribution in [2.45, 2.75) is 13.8 Å². The highest BCUT2D eigenvalue weighted by molar-refractivity contribution is 9.10. The molecular weight excluding hydrogens is 360 g/mol. The Morgan fingerprint density at radius 2 is 1.38 bits per heavy atom. The summed E-state index contributed by atoms with van der Waals surface area (Å²) in [6.07, 6.45) is 0. The minimum Gasteiger partial charge on any atom is -0.340 e. The van der Waals surface area contributed by atoms with Crippen LogP contribution in [0.15, 0.2) is 82.3 Å². The molecule has 0 aliphatic rings. The third-order valence-electron chi connectivity index (χ3n) is 3.72. The molecule has 2 nitrogen and oxygen atoms in total. The van der Waals surface area contributed by atoms with Gasteiger partial charge in [0.2, 0.25) is 0 Å². The fraction of sp³-hybridized carbons (Fsp3) is 0.0952. The van der Waals surface area contributed by atoms with Gasteiger partial charge in [0, 0.05) is 15.7 Å². The number of hydrogen-bond donors (Lipinski definition) is 1. The smallest absolute Gasteiger partial charge is 0.139 e. The van der Waals surface area contributed by atoms with Crippen molar-refractivity contribution in [3.63, 3.8) is 0 Å². The summed E-state index contributed by atoms with van der Waals surface area (Å²) in [6.45, 7) is 4.16. The van der Waals surface area contributed by atoms with Crippen molar-refractivity contribution in [1.82, 2.24) is 0 Å². The molecule has 0 spiro atoms. The van der Waals surface area contributed by atoms with E-state index in [0.717, 1.165) is 27.2 Å². The van der Waals surface area contributed by atoms with Gasteiger partial charge in [0.15, 0.2) is 0 Å². The number of aliphatic imine (C=N–C) groups is 1. The average molecular weight is 379 g/mol. The van der Waals surface area contributed by atoms with E-state index in [1.807, 2.05) is 30.3 Å². The summed E-state index contributed by atoms with van der Waals surface area (Å²) >= 11 is 3.63. The van der Waals surface area contributed by atoms with Gasteiger partial charge in [0.25, 0.3) is 0 Å².